The van der Waals surface area contributed by atoms with Crippen molar-refractivity contribution in [1.29, 1.82) is 0 Å². The molecule has 0 saturated heterocycles. The van der Waals surface area contributed by atoms with Gasteiger partial charge in [-0.2, -0.15) is 0 Å². The smallest absolute Gasteiger partial charge is 0.305 e. The van der Waals surface area contributed by atoms with E-state index in [1.54, 1.807) is 4.90 Å². The minimum atomic E-state index is -0.863. The molecule has 0 saturated carbocycles. The first-order chi connectivity index (χ1) is 6.90. The van der Waals surface area contributed by atoms with Crippen LogP contribution < -0.4 is 0 Å². The Bertz CT molecular complexity index is 226. The van der Waals surface area contributed by atoms with Gasteiger partial charge in [0, 0.05) is 18.5 Å². The molecule has 0 spiro atoms. The Balaban J connectivity index is 4.38. The first-order valence-electron chi connectivity index (χ1n) is 5.42. The van der Waals surface area contributed by atoms with E-state index < -0.39 is 5.97 Å². The van der Waals surface area contributed by atoms with Crippen molar-refractivity contribution in [3.05, 3.63) is 0 Å². The number of hydrogen-bond donors (Lipinski definition) is 1. The highest BCUT2D eigenvalue weighted by Gasteiger charge is 2.21. The Hall–Kier alpha value is -1.06. The maximum Gasteiger partial charge on any atom is 0.305 e. The highest BCUT2D eigenvalue weighted by Crippen LogP contribution is 2.10. The lowest BCUT2D eigenvalue weighted by molar-refractivity contribution is -0.140. The number of carboxylic acid groups (broad SMARTS) is 1. The maximum absolute atomic E-state index is 11.9. The van der Waals surface area contributed by atoms with Crippen LogP contribution in [0, 0.1) is 5.92 Å². The third kappa shape index (κ3) is 4.81. The number of aliphatic carboxylic acids is 1. The molecule has 0 radical (unpaired) electrons. The van der Waals surface area contributed by atoms with Gasteiger partial charge < -0.3 is 10.0 Å². The van der Waals surface area contributed by atoms with Crippen LogP contribution in [-0.2, 0) is 9.59 Å². The number of nitrogens with zero attached hydrogens (tertiary/aromatic N) is 1. The summed E-state index contributed by atoms with van der Waals surface area (Å²) in [5, 5.41) is 8.58. The molecular formula is C11H21NO3. The van der Waals surface area contributed by atoms with E-state index in [9.17, 15) is 9.59 Å². The fourth-order valence-electron chi connectivity index (χ4n) is 1.30. The molecule has 0 heterocycles. The van der Waals surface area contributed by atoms with Crippen LogP contribution in [0.2, 0.25) is 0 Å². The van der Waals surface area contributed by atoms with Crippen LogP contribution >= 0.6 is 0 Å². The summed E-state index contributed by atoms with van der Waals surface area (Å²) in [6, 6.07) is 0.0610. The fraction of sp³-hybridized carbons (Fsp3) is 0.818. The Morgan fingerprint density at radius 1 is 1.27 bits per heavy atom. The Kier molecular flexibility index (Phi) is 5.97. The molecule has 1 atom stereocenters. The standard InChI is InChI=1S/C11H21NO3/c1-5-9(4)11(15)12(8(2)3)7-6-10(13)14/h8-9H,5-7H2,1-4H3,(H,13,14). The van der Waals surface area contributed by atoms with E-state index in [1.165, 1.54) is 0 Å². The van der Waals surface area contributed by atoms with Crippen molar-refractivity contribution >= 4 is 11.9 Å². The fourth-order valence-corrected chi connectivity index (χ4v) is 1.30. The monoisotopic (exact) mass is 215 g/mol. The minimum absolute atomic E-state index is 0.0142. The van der Waals surface area contributed by atoms with Gasteiger partial charge in [0.15, 0.2) is 0 Å². The van der Waals surface area contributed by atoms with Crippen LogP contribution in [0.4, 0.5) is 0 Å². The molecule has 1 unspecified atom stereocenters. The van der Waals surface area contributed by atoms with Gasteiger partial charge in [0.05, 0.1) is 6.42 Å². The summed E-state index contributed by atoms with van der Waals surface area (Å²) in [5.41, 5.74) is 0. The Morgan fingerprint density at radius 2 is 1.80 bits per heavy atom. The zero-order valence-corrected chi connectivity index (χ0v) is 9.99. The molecule has 0 fully saturated rings. The molecule has 0 aromatic carbocycles. The van der Waals surface area contributed by atoms with Gasteiger partial charge in [0.25, 0.3) is 0 Å². The number of carbonyl (C=O) groups excluding carboxylic acids is 1. The van der Waals surface area contributed by atoms with E-state index >= 15 is 0 Å². The maximum atomic E-state index is 11.9. The molecular weight excluding hydrogens is 194 g/mol. The first-order valence-corrected chi connectivity index (χ1v) is 5.42. The van der Waals surface area contributed by atoms with Gasteiger partial charge in [-0.05, 0) is 20.3 Å². The van der Waals surface area contributed by atoms with Crippen molar-refractivity contribution in [2.45, 2.75) is 46.6 Å². The van der Waals surface area contributed by atoms with Gasteiger partial charge in [-0.3, -0.25) is 9.59 Å². The molecule has 0 bridgehead atoms. The predicted molar refractivity (Wildman–Crippen MR) is 58.6 cm³/mol. The van der Waals surface area contributed by atoms with Crippen LogP contribution in [0.1, 0.15) is 40.5 Å². The second kappa shape index (κ2) is 6.43. The Labute approximate surface area is 91.3 Å². The summed E-state index contributed by atoms with van der Waals surface area (Å²) in [5.74, 6) is -0.840. The number of carboxylic acids is 1. The summed E-state index contributed by atoms with van der Waals surface area (Å²) in [6.45, 7) is 7.94. The summed E-state index contributed by atoms with van der Waals surface area (Å²) in [6.07, 6.45) is 0.801. The quantitative estimate of drug-likeness (QED) is 0.734. The molecule has 0 aromatic heterocycles. The lowest BCUT2D eigenvalue weighted by Crippen LogP contribution is -2.41. The lowest BCUT2D eigenvalue weighted by Gasteiger charge is -2.28. The normalized spacial score (nSPS) is 12.6. The second-order valence-corrected chi connectivity index (χ2v) is 4.08. The van der Waals surface area contributed by atoms with Gasteiger partial charge in [0.1, 0.15) is 0 Å². The van der Waals surface area contributed by atoms with Crippen LogP contribution in [0.15, 0.2) is 0 Å². The zero-order valence-electron chi connectivity index (χ0n) is 9.99. The molecule has 1 N–H and O–H groups in total. The van der Waals surface area contributed by atoms with Crippen molar-refractivity contribution in [2.24, 2.45) is 5.92 Å². The van der Waals surface area contributed by atoms with E-state index in [1.807, 2.05) is 27.7 Å². The molecule has 0 aliphatic rings. The van der Waals surface area contributed by atoms with Gasteiger partial charge in [0.2, 0.25) is 5.91 Å². The molecule has 4 heteroatoms. The number of rotatable bonds is 6. The van der Waals surface area contributed by atoms with E-state index in [-0.39, 0.29) is 24.3 Å². The average Bonchev–Trinajstić information content (AvgIpc) is 2.15. The average molecular weight is 215 g/mol. The van der Waals surface area contributed by atoms with Crippen molar-refractivity contribution < 1.29 is 14.7 Å². The van der Waals surface area contributed by atoms with Crippen LogP contribution in [0.25, 0.3) is 0 Å². The van der Waals surface area contributed by atoms with Gasteiger partial charge in [-0.25, -0.2) is 0 Å². The SMILES string of the molecule is CCC(C)C(=O)N(CCC(=O)O)C(C)C. The summed E-state index contributed by atoms with van der Waals surface area (Å²) >= 11 is 0. The number of hydrogen-bond acceptors (Lipinski definition) is 2. The van der Waals surface area contributed by atoms with E-state index in [2.05, 4.69) is 0 Å². The molecule has 1 amide bonds. The van der Waals surface area contributed by atoms with Gasteiger partial charge in [-0.15, -0.1) is 0 Å². The van der Waals surface area contributed by atoms with Crippen LogP contribution in [-0.4, -0.2) is 34.5 Å². The minimum Gasteiger partial charge on any atom is -0.481 e. The first kappa shape index (κ1) is 13.9. The topological polar surface area (TPSA) is 57.6 Å². The summed E-state index contributed by atoms with van der Waals surface area (Å²) in [7, 11) is 0. The highest BCUT2D eigenvalue weighted by molar-refractivity contribution is 5.79. The zero-order chi connectivity index (χ0) is 12.0. The number of carbonyl (C=O) groups is 2. The largest absolute Gasteiger partial charge is 0.481 e. The van der Waals surface area contributed by atoms with E-state index in [4.69, 9.17) is 5.11 Å². The lowest BCUT2D eigenvalue weighted by atomic mass is 10.1. The molecule has 0 aromatic rings. The second-order valence-electron chi connectivity index (χ2n) is 4.08. The van der Waals surface area contributed by atoms with E-state index in [0.717, 1.165) is 6.42 Å². The third-order valence-corrected chi connectivity index (χ3v) is 2.51. The molecule has 4 nitrogen and oxygen atoms in total. The summed E-state index contributed by atoms with van der Waals surface area (Å²) < 4.78 is 0. The number of amides is 1. The van der Waals surface area contributed by atoms with E-state index in [0.29, 0.717) is 6.54 Å². The van der Waals surface area contributed by atoms with Gasteiger partial charge >= 0.3 is 5.97 Å². The van der Waals surface area contributed by atoms with Crippen molar-refractivity contribution in [2.75, 3.05) is 6.54 Å². The molecule has 88 valence electrons. The van der Waals surface area contributed by atoms with Crippen molar-refractivity contribution in [1.82, 2.24) is 4.90 Å². The third-order valence-electron chi connectivity index (χ3n) is 2.51. The van der Waals surface area contributed by atoms with Crippen molar-refractivity contribution in [3.8, 4) is 0 Å². The highest BCUT2D eigenvalue weighted by atomic mass is 16.4. The molecule has 0 aliphatic carbocycles. The van der Waals surface area contributed by atoms with Crippen LogP contribution in [0.5, 0.6) is 0 Å². The van der Waals surface area contributed by atoms with Gasteiger partial charge in [-0.1, -0.05) is 13.8 Å². The predicted octanol–water partition coefficient (Wildman–Crippen LogP) is 1.74. The Morgan fingerprint density at radius 3 is 2.13 bits per heavy atom. The molecule has 0 rings (SSSR count). The van der Waals surface area contributed by atoms with Crippen LogP contribution in [0.3, 0.4) is 0 Å². The molecule has 15 heavy (non-hydrogen) atoms. The molecule has 0 aliphatic heterocycles. The summed E-state index contributed by atoms with van der Waals surface area (Å²) in [4.78, 5) is 24.0. The van der Waals surface area contributed by atoms with Crippen molar-refractivity contribution in [3.63, 3.8) is 0 Å².